The third kappa shape index (κ3) is 5.52. The molecule has 6 nitrogen and oxygen atoms in total. The normalized spacial score (nSPS) is 10.7. The molecule has 0 fully saturated rings. The van der Waals surface area contributed by atoms with Gasteiger partial charge in [0.25, 0.3) is 0 Å². The van der Waals surface area contributed by atoms with Crippen molar-refractivity contribution in [2.24, 2.45) is 0 Å². The molecule has 0 aliphatic heterocycles. The Labute approximate surface area is 82.1 Å². The number of carbonyl (C=O) groups is 2. The summed E-state index contributed by atoms with van der Waals surface area (Å²) >= 11 is 0. The summed E-state index contributed by atoms with van der Waals surface area (Å²) in [5.74, 6) is -3.36. The van der Waals surface area contributed by atoms with Gasteiger partial charge in [0.2, 0.25) is 0 Å². The van der Waals surface area contributed by atoms with E-state index in [9.17, 15) is 18.0 Å². The molecule has 0 aromatic rings. The highest BCUT2D eigenvalue weighted by molar-refractivity contribution is 7.92. The lowest BCUT2D eigenvalue weighted by atomic mass is 10.8. The molecule has 82 valence electrons. The zero-order chi connectivity index (χ0) is 11.2. The predicted octanol–water partition coefficient (Wildman–Crippen LogP) is -0.863. The standard InChI is InChI=1S/C7H12O6S/c1-3-13-7(9)5-14(10,11)4-6(8)12-2/h3-5H2,1-2H3. The van der Waals surface area contributed by atoms with Gasteiger partial charge in [-0.1, -0.05) is 0 Å². The highest BCUT2D eigenvalue weighted by Gasteiger charge is 2.21. The fourth-order valence-corrected chi connectivity index (χ4v) is 1.69. The number of ether oxygens (including phenoxy) is 2. The van der Waals surface area contributed by atoms with Gasteiger partial charge in [-0.25, -0.2) is 8.42 Å². The summed E-state index contributed by atoms with van der Waals surface area (Å²) < 4.78 is 30.7. The third-order valence-corrected chi connectivity index (χ3v) is 2.56. The van der Waals surface area contributed by atoms with Crippen molar-refractivity contribution in [3.05, 3.63) is 0 Å². The first-order valence-electron chi connectivity index (χ1n) is 3.84. The number of hydrogen-bond donors (Lipinski definition) is 0. The number of carbonyl (C=O) groups excluding carboxylic acids is 2. The monoisotopic (exact) mass is 224 g/mol. The average Bonchev–Trinajstić information content (AvgIpc) is 2.02. The second kappa shape index (κ2) is 5.58. The fraction of sp³-hybridized carbons (Fsp3) is 0.714. The van der Waals surface area contributed by atoms with Crippen LogP contribution < -0.4 is 0 Å². The highest BCUT2D eigenvalue weighted by atomic mass is 32.2. The van der Waals surface area contributed by atoms with Gasteiger partial charge >= 0.3 is 11.9 Å². The molecule has 0 amide bonds. The van der Waals surface area contributed by atoms with E-state index in [1.165, 1.54) is 0 Å². The number of methoxy groups -OCH3 is 1. The van der Waals surface area contributed by atoms with Gasteiger partial charge < -0.3 is 9.47 Å². The quantitative estimate of drug-likeness (QED) is 0.564. The predicted molar refractivity (Wildman–Crippen MR) is 47.3 cm³/mol. The molecule has 0 saturated heterocycles. The van der Waals surface area contributed by atoms with Gasteiger partial charge in [0.15, 0.2) is 9.84 Å². The van der Waals surface area contributed by atoms with Crippen molar-refractivity contribution in [2.75, 3.05) is 25.2 Å². The van der Waals surface area contributed by atoms with Crippen LogP contribution in [0.15, 0.2) is 0 Å². The van der Waals surface area contributed by atoms with E-state index in [1.54, 1.807) is 6.92 Å². The summed E-state index contributed by atoms with van der Waals surface area (Å²) in [7, 11) is -2.69. The van der Waals surface area contributed by atoms with Gasteiger partial charge in [-0.2, -0.15) is 0 Å². The first-order valence-corrected chi connectivity index (χ1v) is 5.66. The molecular formula is C7H12O6S. The second-order valence-corrected chi connectivity index (χ2v) is 4.48. The summed E-state index contributed by atoms with van der Waals surface area (Å²) in [6.45, 7) is 1.66. The van der Waals surface area contributed by atoms with E-state index in [-0.39, 0.29) is 6.61 Å². The zero-order valence-corrected chi connectivity index (χ0v) is 8.80. The first kappa shape index (κ1) is 12.9. The largest absolute Gasteiger partial charge is 0.468 e. The van der Waals surface area contributed by atoms with Crippen LogP contribution in [0.3, 0.4) is 0 Å². The van der Waals surface area contributed by atoms with Gasteiger partial charge in [-0.3, -0.25) is 9.59 Å². The van der Waals surface area contributed by atoms with Crippen LogP contribution in [0.4, 0.5) is 0 Å². The third-order valence-electron chi connectivity index (χ3n) is 1.21. The van der Waals surface area contributed by atoms with E-state index in [0.717, 1.165) is 7.11 Å². The van der Waals surface area contributed by atoms with Crippen molar-refractivity contribution in [2.45, 2.75) is 6.92 Å². The summed E-state index contributed by atoms with van der Waals surface area (Å²) in [5, 5.41) is 0. The van der Waals surface area contributed by atoms with Crippen LogP contribution in [-0.2, 0) is 28.9 Å². The Bertz CT molecular complexity index is 304. The maximum absolute atomic E-state index is 11.1. The Morgan fingerprint density at radius 1 is 1.14 bits per heavy atom. The Hall–Kier alpha value is -1.11. The molecule has 0 radical (unpaired) electrons. The van der Waals surface area contributed by atoms with E-state index in [1.807, 2.05) is 0 Å². The van der Waals surface area contributed by atoms with E-state index >= 15 is 0 Å². The Morgan fingerprint density at radius 3 is 2.07 bits per heavy atom. The fourth-order valence-electron chi connectivity index (χ4n) is 0.672. The number of rotatable bonds is 5. The van der Waals surface area contributed by atoms with Crippen molar-refractivity contribution in [3.63, 3.8) is 0 Å². The van der Waals surface area contributed by atoms with Crippen molar-refractivity contribution in [1.82, 2.24) is 0 Å². The average molecular weight is 224 g/mol. The van der Waals surface area contributed by atoms with Gasteiger partial charge in [-0.05, 0) is 6.92 Å². The second-order valence-electron chi connectivity index (χ2n) is 2.41. The van der Waals surface area contributed by atoms with Gasteiger partial charge in [0, 0.05) is 0 Å². The minimum Gasteiger partial charge on any atom is -0.468 e. The van der Waals surface area contributed by atoms with Gasteiger partial charge in [0.05, 0.1) is 13.7 Å². The van der Waals surface area contributed by atoms with Crippen molar-refractivity contribution < 1.29 is 27.5 Å². The minimum absolute atomic E-state index is 0.104. The molecule has 0 rings (SSSR count). The van der Waals surface area contributed by atoms with Crippen LogP contribution in [0.25, 0.3) is 0 Å². The lowest BCUT2D eigenvalue weighted by molar-refractivity contribution is -0.139. The molecular weight excluding hydrogens is 212 g/mol. The molecule has 0 aliphatic carbocycles. The van der Waals surface area contributed by atoms with Gasteiger partial charge in [0.1, 0.15) is 11.5 Å². The summed E-state index contributed by atoms with van der Waals surface area (Å²) in [4.78, 5) is 21.4. The maximum Gasteiger partial charge on any atom is 0.321 e. The smallest absolute Gasteiger partial charge is 0.321 e. The zero-order valence-electron chi connectivity index (χ0n) is 7.98. The van der Waals surface area contributed by atoms with E-state index in [0.29, 0.717) is 0 Å². The van der Waals surface area contributed by atoms with Crippen LogP contribution in [0.2, 0.25) is 0 Å². The van der Waals surface area contributed by atoms with Crippen LogP contribution >= 0.6 is 0 Å². The molecule has 0 spiro atoms. The lowest BCUT2D eigenvalue weighted by Crippen LogP contribution is -2.25. The molecule has 0 aliphatic rings. The molecule has 0 aromatic heterocycles. The highest BCUT2D eigenvalue weighted by Crippen LogP contribution is 1.94. The molecule has 0 saturated carbocycles. The molecule has 0 atom stereocenters. The van der Waals surface area contributed by atoms with Crippen molar-refractivity contribution >= 4 is 21.8 Å². The SMILES string of the molecule is CCOC(=O)CS(=O)(=O)CC(=O)OC. The molecule has 14 heavy (non-hydrogen) atoms. The number of esters is 2. The van der Waals surface area contributed by atoms with Crippen molar-refractivity contribution in [3.8, 4) is 0 Å². The molecule has 0 unspecified atom stereocenters. The minimum atomic E-state index is -3.76. The van der Waals surface area contributed by atoms with E-state index in [4.69, 9.17) is 0 Å². The molecule has 0 N–H and O–H groups in total. The maximum atomic E-state index is 11.1. The van der Waals surface area contributed by atoms with Gasteiger partial charge in [-0.15, -0.1) is 0 Å². The van der Waals surface area contributed by atoms with Crippen molar-refractivity contribution in [1.29, 1.82) is 0 Å². The summed E-state index contributed by atoms with van der Waals surface area (Å²) in [6.07, 6.45) is 0. The Morgan fingerprint density at radius 2 is 1.64 bits per heavy atom. The Kier molecular flexibility index (Phi) is 5.14. The number of sulfone groups is 1. The van der Waals surface area contributed by atoms with Crippen LogP contribution in [0.1, 0.15) is 6.92 Å². The van der Waals surface area contributed by atoms with Crippen LogP contribution in [-0.4, -0.2) is 45.6 Å². The topological polar surface area (TPSA) is 86.7 Å². The van der Waals surface area contributed by atoms with E-state index in [2.05, 4.69) is 9.47 Å². The van der Waals surface area contributed by atoms with Crippen LogP contribution in [0, 0.1) is 0 Å². The molecule has 0 bridgehead atoms. The lowest BCUT2D eigenvalue weighted by Gasteiger charge is -2.02. The summed E-state index contributed by atoms with van der Waals surface area (Å²) in [6, 6.07) is 0. The number of hydrogen-bond acceptors (Lipinski definition) is 6. The molecule has 0 heterocycles. The summed E-state index contributed by atoms with van der Waals surface area (Å²) in [5.41, 5.74) is 0. The molecule has 0 aromatic carbocycles. The first-order chi connectivity index (χ1) is 6.41. The Balaban J connectivity index is 4.21. The molecule has 7 heteroatoms. The van der Waals surface area contributed by atoms with Crippen LogP contribution in [0.5, 0.6) is 0 Å². The van der Waals surface area contributed by atoms with E-state index < -0.39 is 33.3 Å².